The number of halogens is 1. The Labute approximate surface area is 93.8 Å². The number of rotatable bonds is 3. The maximum atomic E-state index is 11.0. The first kappa shape index (κ1) is 10.1. The van der Waals surface area contributed by atoms with Crippen LogP contribution in [0.5, 0.6) is 0 Å². The van der Waals surface area contributed by atoms with E-state index < -0.39 is 11.4 Å². The van der Waals surface area contributed by atoms with Crippen LogP contribution in [0.25, 0.3) is 0 Å². The lowest BCUT2D eigenvalue weighted by molar-refractivity contribution is -0.179. The zero-order chi connectivity index (χ0) is 10.2. The molecule has 5 heteroatoms. The molecule has 0 bridgehead atoms. The van der Waals surface area contributed by atoms with Gasteiger partial charge in [0.05, 0.1) is 17.0 Å². The fourth-order valence-corrected chi connectivity index (χ4v) is 3.06. The van der Waals surface area contributed by atoms with E-state index in [4.69, 9.17) is 9.84 Å². The summed E-state index contributed by atoms with van der Waals surface area (Å²) in [5, 5.41) is 9.06. The molecule has 0 radical (unpaired) electrons. The lowest BCUT2D eigenvalue weighted by atomic mass is 9.82. The highest BCUT2D eigenvalue weighted by Crippen LogP contribution is 2.35. The molecule has 0 aliphatic carbocycles. The number of hydrogen-bond acceptors (Lipinski definition) is 3. The largest absolute Gasteiger partial charge is 0.481 e. The lowest BCUT2D eigenvalue weighted by Crippen LogP contribution is -2.50. The molecule has 0 unspecified atom stereocenters. The summed E-state index contributed by atoms with van der Waals surface area (Å²) in [6.07, 6.45) is 0.568. The molecule has 76 valence electrons. The Balaban J connectivity index is 2.12. The molecule has 1 saturated heterocycles. The SMILES string of the molecule is O=C(O)C1(Cc2ccc(Br)s2)COC1. The summed E-state index contributed by atoms with van der Waals surface area (Å²) < 4.78 is 6.03. The number of aliphatic carboxylic acids is 1. The lowest BCUT2D eigenvalue weighted by Gasteiger charge is -2.36. The van der Waals surface area contributed by atoms with Gasteiger partial charge in [0.25, 0.3) is 0 Å². The quantitative estimate of drug-likeness (QED) is 0.920. The first-order valence-corrected chi connectivity index (χ1v) is 5.79. The van der Waals surface area contributed by atoms with Gasteiger partial charge in [0.2, 0.25) is 0 Å². The van der Waals surface area contributed by atoms with Crippen molar-refractivity contribution in [3.8, 4) is 0 Å². The second kappa shape index (κ2) is 3.64. The Morgan fingerprint density at radius 2 is 2.36 bits per heavy atom. The summed E-state index contributed by atoms with van der Waals surface area (Å²) in [5.41, 5.74) is -0.676. The molecule has 1 N–H and O–H groups in total. The molecule has 1 aliphatic heterocycles. The number of carboxylic acids is 1. The van der Waals surface area contributed by atoms with Crippen LogP contribution in [0, 0.1) is 5.41 Å². The first-order valence-electron chi connectivity index (χ1n) is 4.18. The molecule has 0 aromatic carbocycles. The molecular formula is C9H9BrO3S. The minimum Gasteiger partial charge on any atom is -0.481 e. The van der Waals surface area contributed by atoms with Gasteiger partial charge in [-0.2, -0.15) is 0 Å². The van der Waals surface area contributed by atoms with Gasteiger partial charge in [-0.3, -0.25) is 4.79 Å². The smallest absolute Gasteiger partial charge is 0.314 e. The van der Waals surface area contributed by atoms with Crippen molar-refractivity contribution in [3.05, 3.63) is 20.8 Å². The summed E-state index contributed by atoms with van der Waals surface area (Å²) in [5.74, 6) is -0.756. The van der Waals surface area contributed by atoms with Crippen LogP contribution in [0.3, 0.4) is 0 Å². The molecular weight excluding hydrogens is 268 g/mol. The third-order valence-corrected chi connectivity index (χ3v) is 3.98. The summed E-state index contributed by atoms with van der Waals surface area (Å²) in [4.78, 5) is 12.1. The third-order valence-electron chi connectivity index (χ3n) is 2.35. The van der Waals surface area contributed by atoms with Crippen LogP contribution in [0.15, 0.2) is 15.9 Å². The highest BCUT2D eigenvalue weighted by molar-refractivity contribution is 9.11. The van der Waals surface area contributed by atoms with E-state index in [0.717, 1.165) is 8.66 Å². The topological polar surface area (TPSA) is 46.5 Å². The number of ether oxygens (including phenoxy) is 1. The molecule has 0 amide bonds. The van der Waals surface area contributed by atoms with E-state index in [2.05, 4.69) is 15.9 Å². The number of thiophene rings is 1. The van der Waals surface area contributed by atoms with Crippen LogP contribution in [-0.2, 0) is 16.0 Å². The monoisotopic (exact) mass is 276 g/mol. The Bertz CT molecular complexity index is 357. The van der Waals surface area contributed by atoms with E-state index in [1.54, 1.807) is 11.3 Å². The van der Waals surface area contributed by atoms with Gasteiger partial charge in [0.15, 0.2) is 0 Å². The van der Waals surface area contributed by atoms with Crippen molar-refractivity contribution < 1.29 is 14.6 Å². The standard InChI is InChI=1S/C9H9BrO3S/c10-7-2-1-6(14-7)3-9(8(11)12)4-13-5-9/h1-2H,3-5H2,(H,11,12). The van der Waals surface area contributed by atoms with E-state index in [0.29, 0.717) is 19.6 Å². The normalized spacial score (nSPS) is 18.9. The van der Waals surface area contributed by atoms with Gasteiger partial charge in [-0.25, -0.2) is 0 Å². The van der Waals surface area contributed by atoms with Crippen molar-refractivity contribution in [2.24, 2.45) is 5.41 Å². The Morgan fingerprint density at radius 1 is 1.64 bits per heavy atom. The van der Waals surface area contributed by atoms with Crippen LogP contribution in [0.4, 0.5) is 0 Å². The number of carboxylic acid groups (broad SMARTS) is 1. The Hall–Kier alpha value is -0.390. The van der Waals surface area contributed by atoms with Gasteiger partial charge in [-0.1, -0.05) is 0 Å². The molecule has 1 aliphatic rings. The third kappa shape index (κ3) is 1.71. The van der Waals surface area contributed by atoms with Crippen molar-refractivity contribution in [2.45, 2.75) is 6.42 Å². The predicted molar refractivity (Wildman–Crippen MR) is 56.6 cm³/mol. The van der Waals surface area contributed by atoms with Crippen LogP contribution in [0.2, 0.25) is 0 Å². The average molecular weight is 277 g/mol. The molecule has 3 nitrogen and oxygen atoms in total. The van der Waals surface area contributed by atoms with E-state index >= 15 is 0 Å². The average Bonchev–Trinajstić information content (AvgIpc) is 2.43. The van der Waals surface area contributed by atoms with Crippen LogP contribution < -0.4 is 0 Å². The van der Waals surface area contributed by atoms with Gasteiger partial charge in [-0.15, -0.1) is 11.3 Å². The minimum absolute atomic E-state index is 0.331. The Kier molecular flexibility index (Phi) is 2.64. The summed E-state index contributed by atoms with van der Waals surface area (Å²) in [6, 6.07) is 3.90. The van der Waals surface area contributed by atoms with Crippen molar-refractivity contribution in [1.82, 2.24) is 0 Å². The first-order chi connectivity index (χ1) is 6.62. The highest BCUT2D eigenvalue weighted by atomic mass is 79.9. The van der Waals surface area contributed by atoms with Crippen molar-refractivity contribution in [1.29, 1.82) is 0 Å². The Morgan fingerprint density at radius 3 is 2.71 bits per heavy atom. The molecule has 1 aromatic rings. The van der Waals surface area contributed by atoms with Crippen molar-refractivity contribution in [2.75, 3.05) is 13.2 Å². The van der Waals surface area contributed by atoms with E-state index in [1.165, 1.54) is 0 Å². The van der Waals surface area contributed by atoms with Crippen molar-refractivity contribution >= 4 is 33.2 Å². The minimum atomic E-state index is -0.756. The van der Waals surface area contributed by atoms with Gasteiger partial charge < -0.3 is 9.84 Å². The van der Waals surface area contributed by atoms with Crippen LogP contribution in [-0.4, -0.2) is 24.3 Å². The van der Waals surface area contributed by atoms with Crippen LogP contribution in [0.1, 0.15) is 4.88 Å². The zero-order valence-electron chi connectivity index (χ0n) is 7.33. The number of carbonyl (C=O) groups is 1. The zero-order valence-corrected chi connectivity index (χ0v) is 9.73. The second-order valence-corrected chi connectivity index (χ2v) is 6.01. The molecule has 0 saturated carbocycles. The fourth-order valence-electron chi connectivity index (χ4n) is 1.43. The molecule has 0 atom stereocenters. The maximum Gasteiger partial charge on any atom is 0.314 e. The fraction of sp³-hybridized carbons (Fsp3) is 0.444. The molecule has 2 heterocycles. The molecule has 1 aromatic heterocycles. The molecule has 2 rings (SSSR count). The second-order valence-electron chi connectivity index (χ2n) is 3.46. The number of hydrogen-bond donors (Lipinski definition) is 1. The van der Waals surface area contributed by atoms with Gasteiger partial charge in [0.1, 0.15) is 5.41 Å². The van der Waals surface area contributed by atoms with Gasteiger partial charge >= 0.3 is 5.97 Å². The maximum absolute atomic E-state index is 11.0. The predicted octanol–water partition coefficient (Wildman–Crippen LogP) is 2.15. The van der Waals surface area contributed by atoms with Gasteiger partial charge in [0, 0.05) is 11.3 Å². The molecule has 0 spiro atoms. The van der Waals surface area contributed by atoms with E-state index in [1.807, 2.05) is 12.1 Å². The molecule has 14 heavy (non-hydrogen) atoms. The van der Waals surface area contributed by atoms with E-state index in [-0.39, 0.29) is 0 Å². The summed E-state index contributed by atoms with van der Waals surface area (Å²) >= 11 is 4.94. The highest BCUT2D eigenvalue weighted by Gasteiger charge is 2.46. The summed E-state index contributed by atoms with van der Waals surface area (Å²) in [7, 11) is 0. The van der Waals surface area contributed by atoms with Crippen LogP contribution >= 0.6 is 27.3 Å². The van der Waals surface area contributed by atoms with E-state index in [9.17, 15) is 4.79 Å². The summed E-state index contributed by atoms with van der Waals surface area (Å²) in [6.45, 7) is 0.662. The van der Waals surface area contributed by atoms with Crippen molar-refractivity contribution in [3.63, 3.8) is 0 Å². The van der Waals surface area contributed by atoms with Gasteiger partial charge in [-0.05, 0) is 28.1 Å². The molecule has 1 fully saturated rings.